The van der Waals surface area contributed by atoms with Crippen LogP contribution in [0.3, 0.4) is 0 Å². The molecule has 5 rings (SSSR count). The van der Waals surface area contributed by atoms with Crippen molar-refractivity contribution in [1.29, 1.82) is 0 Å². The van der Waals surface area contributed by atoms with Gasteiger partial charge in [-0.2, -0.15) is 4.72 Å². The van der Waals surface area contributed by atoms with Crippen molar-refractivity contribution >= 4 is 26.6 Å². The number of sulfonamides is 1. The van der Waals surface area contributed by atoms with E-state index in [0.717, 1.165) is 11.6 Å². The van der Waals surface area contributed by atoms with E-state index in [4.69, 9.17) is 0 Å². The van der Waals surface area contributed by atoms with Gasteiger partial charge in [-0.05, 0) is 74.2 Å². The van der Waals surface area contributed by atoms with Crippen LogP contribution in [0.15, 0.2) is 53.3 Å². The van der Waals surface area contributed by atoms with E-state index in [1.807, 2.05) is 19.1 Å². The van der Waals surface area contributed by atoms with E-state index < -0.39 is 32.9 Å². The Bertz CT molecular complexity index is 1690. The Labute approximate surface area is 219 Å². The molecule has 0 saturated heterocycles. The van der Waals surface area contributed by atoms with Gasteiger partial charge in [-0.15, -0.1) is 0 Å². The predicted octanol–water partition coefficient (Wildman–Crippen LogP) is 4.04. The molecule has 2 aromatic carbocycles. The molecule has 1 atom stereocenters. The number of hydrogen-bond acceptors (Lipinski definition) is 6. The summed E-state index contributed by atoms with van der Waals surface area (Å²) in [6.45, 7) is 3.58. The van der Waals surface area contributed by atoms with E-state index in [9.17, 15) is 27.9 Å². The maximum absolute atomic E-state index is 14.9. The number of benzene rings is 2. The maximum atomic E-state index is 14.9. The summed E-state index contributed by atoms with van der Waals surface area (Å²) in [7, 11) is -3.83. The highest BCUT2D eigenvalue weighted by Crippen LogP contribution is 2.39. The first-order chi connectivity index (χ1) is 18.1. The van der Waals surface area contributed by atoms with Gasteiger partial charge < -0.3 is 25.3 Å². The summed E-state index contributed by atoms with van der Waals surface area (Å²) >= 11 is 0. The third kappa shape index (κ3) is 4.85. The topological polar surface area (TPSA) is 139 Å². The van der Waals surface area contributed by atoms with Crippen molar-refractivity contribution in [2.75, 3.05) is 5.48 Å². The first kappa shape index (κ1) is 26.1. The summed E-state index contributed by atoms with van der Waals surface area (Å²) in [5, 5.41) is 22.7. The first-order valence-electron chi connectivity index (χ1n) is 12.3. The van der Waals surface area contributed by atoms with Crippen molar-refractivity contribution in [3.8, 4) is 11.1 Å². The number of aromatic nitrogens is 2. The zero-order chi connectivity index (χ0) is 27.2. The van der Waals surface area contributed by atoms with Crippen LogP contribution in [0, 0.1) is 17.9 Å². The third-order valence-corrected chi connectivity index (χ3v) is 8.79. The molecular formula is C27H28FN4O5S-. The number of nitrogens with one attached hydrogen (secondary N) is 3. The van der Waals surface area contributed by atoms with Gasteiger partial charge in [0.25, 0.3) is 5.56 Å². The minimum Gasteiger partial charge on any atom is -0.761 e. The Balaban J connectivity index is 1.81. The van der Waals surface area contributed by atoms with E-state index in [1.165, 1.54) is 12.1 Å². The summed E-state index contributed by atoms with van der Waals surface area (Å²) < 4.78 is 44.5. The number of nitrogens with zero attached hydrogens (tertiary/aromatic N) is 1. The number of aliphatic hydroxyl groups excluding tert-OH is 1. The number of anilines is 1. The zero-order valence-corrected chi connectivity index (χ0v) is 21.7. The van der Waals surface area contributed by atoms with Crippen LogP contribution in [-0.2, 0) is 23.0 Å². The van der Waals surface area contributed by atoms with Gasteiger partial charge in [-0.25, -0.2) is 12.8 Å². The molecule has 9 nitrogen and oxygen atoms in total. The van der Waals surface area contributed by atoms with Crippen LogP contribution in [0.1, 0.15) is 48.5 Å². The number of pyridine rings is 1. The fraction of sp³-hybridized carbons (Fsp3) is 0.296. The molecule has 11 heteroatoms. The normalized spacial score (nSPS) is 14.7. The molecule has 0 aliphatic heterocycles. The van der Waals surface area contributed by atoms with E-state index >= 15 is 0 Å². The molecule has 0 bridgehead atoms. The van der Waals surface area contributed by atoms with E-state index in [-0.39, 0.29) is 29.1 Å². The molecular weight excluding hydrogens is 511 g/mol. The van der Waals surface area contributed by atoms with Crippen LogP contribution in [0.4, 0.5) is 10.1 Å². The molecule has 0 amide bonds. The minimum absolute atomic E-state index is 0.103. The van der Waals surface area contributed by atoms with Crippen molar-refractivity contribution in [2.24, 2.45) is 0 Å². The highest BCUT2D eigenvalue weighted by Gasteiger charge is 2.38. The highest BCUT2D eigenvalue weighted by atomic mass is 32.2. The van der Waals surface area contributed by atoms with E-state index in [1.54, 1.807) is 35.2 Å². The number of aliphatic hydroxyl groups is 1. The average Bonchev–Trinajstić information content (AvgIpc) is 3.70. The second-order valence-electron chi connectivity index (χ2n) is 9.61. The standard InChI is InChI=1S/C27H28FN4O5S/c1-3-16-5-11-23-21(12-16)24(20-9-4-15(2)29-26(20)33)25(27(34)31-38(36,37)19-7-8-19)32(23)14-17-13-18(30-35)6-10-22(17)28/h4-6,9-13,19,27,30-31,34H,3,7-8,14H2,1-2H3,(H,29,33)/q-1. The van der Waals surface area contributed by atoms with E-state index in [0.29, 0.717) is 41.4 Å². The fourth-order valence-electron chi connectivity index (χ4n) is 4.76. The second-order valence-corrected chi connectivity index (χ2v) is 11.6. The second kappa shape index (κ2) is 9.99. The van der Waals surface area contributed by atoms with Gasteiger partial charge in [-0.1, -0.05) is 13.0 Å². The molecule has 200 valence electrons. The van der Waals surface area contributed by atoms with Crippen LogP contribution in [0.25, 0.3) is 22.0 Å². The molecule has 0 radical (unpaired) electrons. The summed E-state index contributed by atoms with van der Waals surface area (Å²) in [5.74, 6) is -0.579. The summed E-state index contributed by atoms with van der Waals surface area (Å²) in [6.07, 6.45) is -0.0359. The summed E-state index contributed by atoms with van der Waals surface area (Å²) in [4.78, 5) is 15.9. The number of hydrogen-bond donors (Lipinski definition) is 4. The number of H-pyrrole nitrogens is 1. The summed E-state index contributed by atoms with van der Waals surface area (Å²) in [6, 6.07) is 12.8. The first-order valence-corrected chi connectivity index (χ1v) is 13.9. The van der Waals surface area contributed by atoms with Crippen molar-refractivity contribution < 1.29 is 17.9 Å². The number of halogens is 1. The van der Waals surface area contributed by atoms with Gasteiger partial charge in [0.1, 0.15) is 5.82 Å². The lowest BCUT2D eigenvalue weighted by molar-refractivity contribution is 0.158. The van der Waals surface area contributed by atoms with Crippen molar-refractivity contribution in [3.05, 3.63) is 92.4 Å². The monoisotopic (exact) mass is 539 g/mol. The number of fused-ring (bicyclic) bond motifs is 1. The molecule has 2 aromatic heterocycles. The number of aromatic amines is 1. The summed E-state index contributed by atoms with van der Waals surface area (Å²) in [5.41, 5.74) is 4.49. The van der Waals surface area contributed by atoms with Crippen molar-refractivity contribution in [3.63, 3.8) is 0 Å². The van der Waals surface area contributed by atoms with Gasteiger partial charge in [-0.3, -0.25) is 4.79 Å². The van der Waals surface area contributed by atoms with Crippen LogP contribution >= 0.6 is 0 Å². The van der Waals surface area contributed by atoms with E-state index in [2.05, 4.69) is 9.71 Å². The van der Waals surface area contributed by atoms with Crippen LogP contribution in [0.2, 0.25) is 0 Å². The molecule has 4 aromatic rings. The Morgan fingerprint density at radius 3 is 2.61 bits per heavy atom. The third-order valence-electron chi connectivity index (χ3n) is 6.89. The maximum Gasteiger partial charge on any atom is 0.256 e. The fourth-order valence-corrected chi connectivity index (χ4v) is 6.14. The molecule has 2 heterocycles. The number of aryl methyl sites for hydroxylation is 2. The number of rotatable bonds is 9. The van der Waals surface area contributed by atoms with Gasteiger partial charge in [0.15, 0.2) is 6.23 Å². The molecule has 1 aliphatic carbocycles. The molecule has 0 spiro atoms. The van der Waals surface area contributed by atoms with Crippen molar-refractivity contribution in [2.45, 2.75) is 51.1 Å². The van der Waals surface area contributed by atoms with Crippen LogP contribution in [-0.4, -0.2) is 28.3 Å². The van der Waals surface area contributed by atoms with Crippen LogP contribution in [0.5, 0.6) is 0 Å². The Morgan fingerprint density at radius 1 is 1.18 bits per heavy atom. The molecule has 1 saturated carbocycles. The van der Waals surface area contributed by atoms with Gasteiger partial charge >= 0.3 is 0 Å². The molecule has 38 heavy (non-hydrogen) atoms. The predicted molar refractivity (Wildman–Crippen MR) is 145 cm³/mol. The Hall–Kier alpha value is -3.51. The zero-order valence-electron chi connectivity index (χ0n) is 20.9. The molecule has 1 fully saturated rings. The largest absolute Gasteiger partial charge is 0.761 e. The highest BCUT2D eigenvalue weighted by molar-refractivity contribution is 7.90. The lowest BCUT2D eigenvalue weighted by Gasteiger charge is -2.20. The molecule has 1 aliphatic rings. The Morgan fingerprint density at radius 2 is 1.95 bits per heavy atom. The van der Waals surface area contributed by atoms with Crippen LogP contribution < -0.4 is 15.8 Å². The van der Waals surface area contributed by atoms with Crippen molar-refractivity contribution in [1.82, 2.24) is 14.3 Å². The quantitative estimate of drug-likeness (QED) is 0.187. The SMILES string of the molecule is CCc1ccc2c(c1)c(-c1ccc(C)[nH]c1=O)c(C(O)NS(=O)(=O)C1CC1)n2Cc1cc(N[O-])ccc1F. The lowest BCUT2D eigenvalue weighted by atomic mass is 10.0. The lowest BCUT2D eigenvalue weighted by Crippen LogP contribution is -2.33. The molecule has 1 unspecified atom stereocenters. The van der Waals surface area contributed by atoms with Gasteiger partial charge in [0.2, 0.25) is 10.0 Å². The minimum atomic E-state index is -3.83. The molecule has 4 N–H and O–H groups in total. The average molecular weight is 540 g/mol. The smallest absolute Gasteiger partial charge is 0.256 e. The Kier molecular flexibility index (Phi) is 6.86. The van der Waals surface area contributed by atoms with Gasteiger partial charge in [0, 0.05) is 39.0 Å². The van der Waals surface area contributed by atoms with Gasteiger partial charge in [0.05, 0.1) is 17.5 Å².